The van der Waals surface area contributed by atoms with Gasteiger partial charge in [0.15, 0.2) is 5.78 Å². The molecule has 0 saturated carbocycles. The molecule has 0 spiro atoms. The summed E-state index contributed by atoms with van der Waals surface area (Å²) in [6.45, 7) is 2.40. The van der Waals surface area contributed by atoms with E-state index in [4.69, 9.17) is 16.3 Å². The number of hydrogen-bond donors (Lipinski definition) is 0. The second kappa shape index (κ2) is 6.53. The second-order valence-corrected chi connectivity index (χ2v) is 4.68. The number of ketones is 1. The molecular weight excluding hydrogens is 279 g/mol. The first kappa shape index (κ1) is 14.5. The van der Waals surface area contributed by atoms with Crippen molar-refractivity contribution in [2.24, 2.45) is 0 Å². The van der Waals surface area contributed by atoms with Gasteiger partial charge in [0.2, 0.25) is 0 Å². The Balaban J connectivity index is 2.19. The predicted molar refractivity (Wildman–Crippen MR) is 77.1 cm³/mol. The molecule has 0 amide bonds. The van der Waals surface area contributed by atoms with E-state index in [0.29, 0.717) is 23.5 Å². The zero-order valence-corrected chi connectivity index (χ0v) is 11.8. The Morgan fingerprint density at radius 3 is 2.75 bits per heavy atom. The number of carbonyl (C=O) groups excluding carboxylic acids is 1. The van der Waals surface area contributed by atoms with E-state index in [-0.39, 0.29) is 17.2 Å². The predicted octanol–water partition coefficient (Wildman–Crippen LogP) is 4.30. The van der Waals surface area contributed by atoms with Crippen LogP contribution in [0.2, 0.25) is 5.02 Å². The van der Waals surface area contributed by atoms with Crippen molar-refractivity contribution in [2.45, 2.75) is 13.3 Å². The highest BCUT2D eigenvalue weighted by molar-refractivity contribution is 6.30. The van der Waals surface area contributed by atoms with Crippen molar-refractivity contribution >= 4 is 17.4 Å². The van der Waals surface area contributed by atoms with Crippen molar-refractivity contribution in [3.63, 3.8) is 0 Å². The Hall–Kier alpha value is -1.87. The van der Waals surface area contributed by atoms with Crippen LogP contribution in [-0.4, -0.2) is 12.4 Å². The molecule has 104 valence electrons. The molecule has 2 nitrogen and oxygen atoms in total. The third-order valence-corrected chi connectivity index (χ3v) is 3.14. The number of halogens is 2. The van der Waals surface area contributed by atoms with E-state index >= 15 is 0 Å². The van der Waals surface area contributed by atoms with E-state index in [2.05, 4.69) is 0 Å². The minimum Gasteiger partial charge on any atom is -0.494 e. The van der Waals surface area contributed by atoms with E-state index in [9.17, 15) is 9.18 Å². The number of carbonyl (C=O) groups is 1. The molecule has 0 heterocycles. The molecule has 0 aliphatic carbocycles. The van der Waals surface area contributed by atoms with Crippen molar-refractivity contribution in [1.82, 2.24) is 0 Å². The molecule has 0 radical (unpaired) electrons. The highest BCUT2D eigenvalue weighted by Crippen LogP contribution is 2.20. The van der Waals surface area contributed by atoms with E-state index in [0.717, 1.165) is 0 Å². The van der Waals surface area contributed by atoms with Crippen LogP contribution in [0.25, 0.3) is 0 Å². The lowest BCUT2D eigenvalue weighted by Gasteiger charge is -2.07. The SMILES string of the molecule is CCOc1cccc(C(=O)Cc2cccc(Cl)c2F)c1. The molecule has 2 rings (SSSR count). The first-order valence-corrected chi connectivity index (χ1v) is 6.68. The van der Waals surface area contributed by atoms with E-state index in [1.165, 1.54) is 6.07 Å². The largest absolute Gasteiger partial charge is 0.494 e. The van der Waals surface area contributed by atoms with Gasteiger partial charge in [-0.3, -0.25) is 4.79 Å². The lowest BCUT2D eigenvalue weighted by atomic mass is 10.0. The first-order valence-electron chi connectivity index (χ1n) is 6.30. The van der Waals surface area contributed by atoms with Gasteiger partial charge in [0.05, 0.1) is 11.6 Å². The number of rotatable bonds is 5. The summed E-state index contributed by atoms with van der Waals surface area (Å²) in [5.74, 6) is -0.0823. The van der Waals surface area contributed by atoms with Gasteiger partial charge in [-0.25, -0.2) is 4.39 Å². The Morgan fingerprint density at radius 2 is 2.00 bits per heavy atom. The smallest absolute Gasteiger partial charge is 0.167 e. The molecule has 2 aromatic carbocycles. The zero-order chi connectivity index (χ0) is 14.5. The summed E-state index contributed by atoms with van der Waals surface area (Å²) in [5, 5.41) is 0.0263. The van der Waals surface area contributed by atoms with Crippen molar-refractivity contribution in [3.8, 4) is 5.75 Å². The highest BCUT2D eigenvalue weighted by atomic mass is 35.5. The van der Waals surface area contributed by atoms with E-state index in [1.54, 1.807) is 36.4 Å². The third-order valence-electron chi connectivity index (χ3n) is 2.85. The Labute approximate surface area is 122 Å². The van der Waals surface area contributed by atoms with Gasteiger partial charge in [0.1, 0.15) is 11.6 Å². The molecular formula is C16H14ClFO2. The average Bonchev–Trinajstić information content (AvgIpc) is 2.44. The van der Waals surface area contributed by atoms with Crippen molar-refractivity contribution in [2.75, 3.05) is 6.61 Å². The van der Waals surface area contributed by atoms with E-state index in [1.807, 2.05) is 6.92 Å². The fourth-order valence-corrected chi connectivity index (χ4v) is 2.08. The average molecular weight is 293 g/mol. The summed E-state index contributed by atoms with van der Waals surface area (Å²) in [6, 6.07) is 11.5. The maximum atomic E-state index is 13.8. The van der Waals surface area contributed by atoms with Gasteiger partial charge in [-0.15, -0.1) is 0 Å². The van der Waals surface area contributed by atoms with Crippen molar-refractivity contribution in [3.05, 3.63) is 64.4 Å². The first-order chi connectivity index (χ1) is 9.61. The Morgan fingerprint density at radius 1 is 1.25 bits per heavy atom. The highest BCUT2D eigenvalue weighted by Gasteiger charge is 2.13. The van der Waals surface area contributed by atoms with Gasteiger partial charge in [-0.05, 0) is 30.7 Å². The lowest BCUT2D eigenvalue weighted by molar-refractivity contribution is 0.0991. The molecule has 0 aromatic heterocycles. The molecule has 0 bridgehead atoms. The molecule has 0 N–H and O–H groups in total. The van der Waals surface area contributed by atoms with Crippen LogP contribution in [0, 0.1) is 5.82 Å². The fraction of sp³-hybridized carbons (Fsp3) is 0.188. The Bertz CT molecular complexity index is 626. The van der Waals surface area contributed by atoms with Gasteiger partial charge in [-0.2, -0.15) is 0 Å². The van der Waals surface area contributed by atoms with Crippen LogP contribution in [0.4, 0.5) is 4.39 Å². The zero-order valence-electron chi connectivity index (χ0n) is 11.0. The summed E-state index contributed by atoms with van der Waals surface area (Å²) in [5.41, 5.74) is 0.791. The van der Waals surface area contributed by atoms with Crippen LogP contribution < -0.4 is 4.74 Å². The van der Waals surface area contributed by atoms with Crippen LogP contribution in [0.15, 0.2) is 42.5 Å². The van der Waals surface area contributed by atoms with Crippen LogP contribution in [0.3, 0.4) is 0 Å². The number of hydrogen-bond acceptors (Lipinski definition) is 2. The summed E-state index contributed by atoms with van der Waals surface area (Å²) in [4.78, 5) is 12.2. The van der Waals surface area contributed by atoms with Crippen molar-refractivity contribution in [1.29, 1.82) is 0 Å². The number of benzene rings is 2. The van der Waals surface area contributed by atoms with Gasteiger partial charge in [0.25, 0.3) is 0 Å². The summed E-state index contributed by atoms with van der Waals surface area (Å²) < 4.78 is 19.1. The Kier molecular flexibility index (Phi) is 4.74. The van der Waals surface area contributed by atoms with Crippen LogP contribution in [0.1, 0.15) is 22.8 Å². The molecule has 20 heavy (non-hydrogen) atoms. The summed E-state index contributed by atoms with van der Waals surface area (Å²) in [7, 11) is 0. The summed E-state index contributed by atoms with van der Waals surface area (Å²) in [6.07, 6.45) is -0.0258. The lowest BCUT2D eigenvalue weighted by Crippen LogP contribution is -2.06. The van der Waals surface area contributed by atoms with Crippen LogP contribution in [-0.2, 0) is 6.42 Å². The minimum absolute atomic E-state index is 0.0258. The maximum absolute atomic E-state index is 13.8. The fourth-order valence-electron chi connectivity index (χ4n) is 1.89. The van der Waals surface area contributed by atoms with Gasteiger partial charge < -0.3 is 4.74 Å². The van der Waals surface area contributed by atoms with Gasteiger partial charge in [-0.1, -0.05) is 35.9 Å². The monoisotopic (exact) mass is 292 g/mol. The molecule has 0 unspecified atom stereocenters. The molecule has 0 aliphatic heterocycles. The number of ether oxygens (including phenoxy) is 1. The molecule has 4 heteroatoms. The van der Waals surface area contributed by atoms with Gasteiger partial charge >= 0.3 is 0 Å². The minimum atomic E-state index is -0.538. The van der Waals surface area contributed by atoms with Crippen molar-refractivity contribution < 1.29 is 13.9 Å². The van der Waals surface area contributed by atoms with Gasteiger partial charge in [0, 0.05) is 12.0 Å². The van der Waals surface area contributed by atoms with E-state index < -0.39 is 5.82 Å². The third kappa shape index (κ3) is 3.36. The maximum Gasteiger partial charge on any atom is 0.167 e. The van der Waals surface area contributed by atoms with Crippen LogP contribution >= 0.6 is 11.6 Å². The number of Topliss-reactive ketones (excluding diaryl/α,β-unsaturated/α-hetero) is 1. The standard InChI is InChI=1S/C16H14ClFO2/c1-2-20-13-7-3-5-11(9-13)15(19)10-12-6-4-8-14(17)16(12)18/h3-9H,2,10H2,1H3. The van der Waals surface area contributed by atoms with Crippen LogP contribution in [0.5, 0.6) is 5.75 Å². The molecule has 2 aromatic rings. The quantitative estimate of drug-likeness (QED) is 0.768. The molecule has 0 fully saturated rings. The summed E-state index contributed by atoms with van der Waals surface area (Å²) >= 11 is 5.70. The molecule has 0 saturated heterocycles. The normalized spacial score (nSPS) is 10.3. The topological polar surface area (TPSA) is 26.3 Å². The second-order valence-electron chi connectivity index (χ2n) is 4.27. The molecule has 0 aliphatic rings. The molecule has 0 atom stereocenters.